The number of hydrogen-bond acceptors (Lipinski definition) is 2. The molecule has 3 atom stereocenters. The van der Waals surface area contributed by atoms with Gasteiger partial charge in [-0.3, -0.25) is 0 Å². The van der Waals surface area contributed by atoms with Crippen molar-refractivity contribution in [1.82, 2.24) is 0 Å². The van der Waals surface area contributed by atoms with E-state index in [0.29, 0.717) is 18.3 Å². The molecule has 1 fully saturated rings. The minimum Gasteiger partial charge on any atom is -0.393 e. The second-order valence-electron chi connectivity index (χ2n) is 5.36. The van der Waals surface area contributed by atoms with E-state index in [9.17, 15) is 5.11 Å². The maximum absolute atomic E-state index is 9.99. The number of aliphatic hydroxyl groups excluding tert-OH is 1. The zero-order valence-electron chi connectivity index (χ0n) is 9.45. The molecule has 1 rings (SSSR count). The summed E-state index contributed by atoms with van der Waals surface area (Å²) in [6.07, 6.45) is 3.32. The lowest BCUT2D eigenvalue weighted by Crippen LogP contribution is -2.37. The number of aliphatic hydroxyl groups is 1. The monoisotopic (exact) mass is 195 g/mol. The summed E-state index contributed by atoms with van der Waals surface area (Å²) in [5, 5.41) is 18.7. The molecule has 0 radical (unpaired) electrons. The summed E-state index contributed by atoms with van der Waals surface area (Å²) in [6, 6.07) is 2.23. The lowest BCUT2D eigenvalue weighted by atomic mass is 9.66. The summed E-state index contributed by atoms with van der Waals surface area (Å²) < 4.78 is 0. The Kier molecular flexibility index (Phi) is 3.55. The van der Waals surface area contributed by atoms with Crippen LogP contribution in [0.25, 0.3) is 0 Å². The molecule has 3 unspecified atom stereocenters. The van der Waals surface area contributed by atoms with E-state index in [-0.39, 0.29) is 11.5 Å². The Balaban J connectivity index is 2.59. The van der Waals surface area contributed by atoms with Gasteiger partial charge in [-0.05, 0) is 36.5 Å². The van der Waals surface area contributed by atoms with Crippen molar-refractivity contribution in [2.24, 2.45) is 17.3 Å². The largest absolute Gasteiger partial charge is 0.393 e. The first kappa shape index (κ1) is 11.5. The van der Waals surface area contributed by atoms with E-state index in [1.54, 1.807) is 0 Å². The van der Waals surface area contributed by atoms with E-state index in [1.165, 1.54) is 0 Å². The molecule has 0 spiro atoms. The molecule has 0 amide bonds. The molecule has 14 heavy (non-hydrogen) atoms. The molecular formula is C12H21NO. The SMILES string of the molecule is CC(C)C1CCC(C)(CC#N)CC1O. The lowest BCUT2D eigenvalue weighted by molar-refractivity contribution is -0.00829. The standard InChI is InChI=1S/C12H21NO/c1-9(2)10-4-5-12(3,6-7-13)8-11(10)14/h9-11,14H,4-6,8H2,1-3H3. The van der Waals surface area contributed by atoms with Gasteiger partial charge >= 0.3 is 0 Å². The molecule has 1 aliphatic rings. The van der Waals surface area contributed by atoms with Gasteiger partial charge in [0.25, 0.3) is 0 Å². The summed E-state index contributed by atoms with van der Waals surface area (Å²) in [5.41, 5.74) is 0.0551. The highest BCUT2D eigenvalue weighted by molar-refractivity contribution is 4.93. The Hall–Kier alpha value is -0.550. The molecule has 0 saturated heterocycles. The molecule has 0 aliphatic heterocycles. The van der Waals surface area contributed by atoms with Crippen molar-refractivity contribution < 1.29 is 5.11 Å². The minimum absolute atomic E-state index is 0.0551. The molecule has 0 aromatic rings. The van der Waals surface area contributed by atoms with E-state index in [4.69, 9.17) is 5.26 Å². The van der Waals surface area contributed by atoms with E-state index >= 15 is 0 Å². The summed E-state index contributed by atoms with van der Waals surface area (Å²) in [5.74, 6) is 0.985. The van der Waals surface area contributed by atoms with E-state index in [2.05, 4.69) is 26.8 Å². The highest BCUT2D eigenvalue weighted by Crippen LogP contribution is 2.43. The van der Waals surface area contributed by atoms with Crippen LogP contribution >= 0.6 is 0 Å². The molecular weight excluding hydrogens is 174 g/mol. The van der Waals surface area contributed by atoms with Gasteiger partial charge in [0.1, 0.15) is 0 Å². The van der Waals surface area contributed by atoms with Crippen molar-refractivity contribution in [3.8, 4) is 6.07 Å². The van der Waals surface area contributed by atoms with Gasteiger partial charge in [0.15, 0.2) is 0 Å². The second kappa shape index (κ2) is 4.31. The van der Waals surface area contributed by atoms with E-state index < -0.39 is 0 Å². The number of nitriles is 1. The summed E-state index contributed by atoms with van der Waals surface area (Å²) in [6.45, 7) is 6.46. The Bertz CT molecular complexity index is 231. The second-order valence-corrected chi connectivity index (χ2v) is 5.36. The molecule has 0 heterocycles. The molecule has 80 valence electrons. The Morgan fingerprint density at radius 2 is 2.21 bits per heavy atom. The van der Waals surface area contributed by atoms with Crippen molar-refractivity contribution in [2.45, 2.75) is 52.6 Å². The van der Waals surface area contributed by atoms with Crippen LogP contribution in [0.3, 0.4) is 0 Å². The summed E-state index contributed by atoms with van der Waals surface area (Å²) >= 11 is 0. The quantitative estimate of drug-likeness (QED) is 0.736. The van der Waals surface area contributed by atoms with Gasteiger partial charge in [-0.15, -0.1) is 0 Å². The van der Waals surface area contributed by atoms with Gasteiger partial charge < -0.3 is 5.11 Å². The fourth-order valence-corrected chi connectivity index (χ4v) is 2.59. The third-order valence-electron chi connectivity index (χ3n) is 3.64. The predicted octanol–water partition coefficient (Wildman–Crippen LogP) is 2.72. The molecule has 0 aromatic carbocycles. The van der Waals surface area contributed by atoms with Crippen LogP contribution in [-0.4, -0.2) is 11.2 Å². The molecule has 2 heteroatoms. The van der Waals surface area contributed by atoms with Crippen LogP contribution in [0.5, 0.6) is 0 Å². The van der Waals surface area contributed by atoms with E-state index in [1.807, 2.05) is 0 Å². The van der Waals surface area contributed by atoms with Crippen molar-refractivity contribution in [1.29, 1.82) is 5.26 Å². The Labute approximate surface area is 86.9 Å². The lowest BCUT2D eigenvalue weighted by Gasteiger charge is -2.41. The maximum Gasteiger partial charge on any atom is 0.0627 e. The summed E-state index contributed by atoms with van der Waals surface area (Å²) in [4.78, 5) is 0. The minimum atomic E-state index is -0.206. The third kappa shape index (κ3) is 2.48. The average Bonchev–Trinajstić information content (AvgIpc) is 2.02. The maximum atomic E-state index is 9.99. The third-order valence-corrected chi connectivity index (χ3v) is 3.64. The number of nitrogens with zero attached hydrogens (tertiary/aromatic N) is 1. The number of rotatable bonds is 2. The van der Waals surface area contributed by atoms with Crippen LogP contribution in [0.2, 0.25) is 0 Å². The average molecular weight is 195 g/mol. The van der Waals surface area contributed by atoms with Gasteiger partial charge in [-0.25, -0.2) is 0 Å². The van der Waals surface area contributed by atoms with Crippen LogP contribution in [-0.2, 0) is 0 Å². The first-order chi connectivity index (χ1) is 6.48. The van der Waals surface area contributed by atoms with Crippen LogP contribution < -0.4 is 0 Å². The van der Waals surface area contributed by atoms with Crippen LogP contribution in [0.1, 0.15) is 46.5 Å². The first-order valence-electron chi connectivity index (χ1n) is 5.53. The normalized spacial score (nSPS) is 38.3. The highest BCUT2D eigenvalue weighted by atomic mass is 16.3. The van der Waals surface area contributed by atoms with Crippen LogP contribution in [0.4, 0.5) is 0 Å². The highest BCUT2D eigenvalue weighted by Gasteiger charge is 2.37. The van der Waals surface area contributed by atoms with Crippen LogP contribution in [0.15, 0.2) is 0 Å². The number of hydrogen-bond donors (Lipinski definition) is 1. The predicted molar refractivity (Wildman–Crippen MR) is 56.5 cm³/mol. The molecule has 2 nitrogen and oxygen atoms in total. The summed E-state index contributed by atoms with van der Waals surface area (Å²) in [7, 11) is 0. The fraction of sp³-hybridized carbons (Fsp3) is 0.917. The first-order valence-corrected chi connectivity index (χ1v) is 5.53. The van der Waals surface area contributed by atoms with E-state index in [0.717, 1.165) is 19.3 Å². The van der Waals surface area contributed by atoms with Crippen molar-refractivity contribution in [2.75, 3.05) is 0 Å². The zero-order valence-corrected chi connectivity index (χ0v) is 9.45. The van der Waals surface area contributed by atoms with Gasteiger partial charge in [-0.2, -0.15) is 5.26 Å². The van der Waals surface area contributed by atoms with Crippen molar-refractivity contribution in [3.05, 3.63) is 0 Å². The van der Waals surface area contributed by atoms with Crippen molar-refractivity contribution in [3.63, 3.8) is 0 Å². The molecule has 0 bridgehead atoms. The smallest absolute Gasteiger partial charge is 0.0627 e. The van der Waals surface area contributed by atoms with Crippen LogP contribution in [0, 0.1) is 28.6 Å². The molecule has 1 saturated carbocycles. The Morgan fingerprint density at radius 1 is 1.57 bits per heavy atom. The van der Waals surface area contributed by atoms with Crippen molar-refractivity contribution >= 4 is 0 Å². The molecule has 1 N–H and O–H groups in total. The molecule has 0 aromatic heterocycles. The topological polar surface area (TPSA) is 44.0 Å². The van der Waals surface area contributed by atoms with Gasteiger partial charge in [0, 0.05) is 6.42 Å². The van der Waals surface area contributed by atoms with Gasteiger partial charge in [0.2, 0.25) is 0 Å². The zero-order chi connectivity index (χ0) is 10.8. The molecule has 1 aliphatic carbocycles. The Morgan fingerprint density at radius 3 is 2.64 bits per heavy atom. The fourth-order valence-electron chi connectivity index (χ4n) is 2.59. The van der Waals surface area contributed by atoms with Gasteiger partial charge in [-0.1, -0.05) is 20.8 Å². The van der Waals surface area contributed by atoms with Gasteiger partial charge in [0.05, 0.1) is 12.2 Å².